The highest BCUT2D eigenvalue weighted by molar-refractivity contribution is 6.33. The van der Waals surface area contributed by atoms with E-state index in [-0.39, 0.29) is 17.9 Å². The number of amides is 2. The van der Waals surface area contributed by atoms with Crippen LogP contribution in [0, 0.1) is 5.82 Å². The molecule has 1 aromatic carbocycles. The quantitative estimate of drug-likeness (QED) is 0.455. The molecule has 2 aliphatic rings. The number of nitrogens with one attached hydrogen (secondary N) is 2. The van der Waals surface area contributed by atoms with E-state index < -0.39 is 0 Å². The van der Waals surface area contributed by atoms with Gasteiger partial charge in [0.15, 0.2) is 0 Å². The number of hydrogen-bond donors (Lipinski definition) is 2. The van der Waals surface area contributed by atoms with Gasteiger partial charge in [0.05, 0.1) is 5.02 Å². The summed E-state index contributed by atoms with van der Waals surface area (Å²) >= 11 is 12.6. The Morgan fingerprint density at radius 3 is 2.58 bits per heavy atom. The Morgan fingerprint density at radius 2 is 1.92 bits per heavy atom. The molecule has 0 unspecified atom stereocenters. The van der Waals surface area contributed by atoms with Crippen molar-refractivity contribution in [2.24, 2.45) is 0 Å². The predicted molar refractivity (Wildman–Crippen MR) is 152 cm³/mol. The largest absolute Gasteiger partial charge is 0.353 e. The molecular weight excluding hydrogens is 526 g/mol. The van der Waals surface area contributed by atoms with Crippen LogP contribution in [0.25, 0.3) is 0 Å². The van der Waals surface area contributed by atoms with Crippen LogP contribution >= 0.6 is 23.2 Å². The smallest absolute Gasteiger partial charge is 0.315 e. The molecule has 208 valence electrons. The predicted octanol–water partition coefficient (Wildman–Crippen LogP) is 5.30. The topological polar surface area (TPSA) is 63.7 Å². The molecule has 38 heavy (non-hydrogen) atoms. The Kier molecular flexibility index (Phi) is 10.1. The summed E-state index contributed by atoms with van der Waals surface area (Å²) in [5, 5.41) is 6.70. The lowest BCUT2D eigenvalue weighted by Crippen LogP contribution is -2.58. The molecule has 0 saturated carbocycles. The molecule has 0 aliphatic carbocycles. The monoisotopic (exact) mass is 564 g/mol. The fourth-order valence-electron chi connectivity index (χ4n) is 5.50. The van der Waals surface area contributed by atoms with Crippen molar-refractivity contribution in [2.45, 2.75) is 71.2 Å². The normalized spacial score (nSPS) is 19.7. The molecule has 0 radical (unpaired) electrons. The molecule has 2 aliphatic heterocycles. The number of benzene rings is 1. The van der Waals surface area contributed by atoms with Crippen molar-refractivity contribution in [2.75, 3.05) is 37.6 Å². The number of pyridine rings is 1. The first-order valence-electron chi connectivity index (χ1n) is 13.6. The molecule has 3 heterocycles. The van der Waals surface area contributed by atoms with E-state index in [2.05, 4.69) is 37.2 Å². The first kappa shape index (κ1) is 28.9. The minimum Gasteiger partial charge on any atom is -0.353 e. The van der Waals surface area contributed by atoms with Crippen molar-refractivity contribution in [1.82, 2.24) is 25.4 Å². The SMILES string of the molecule is CC[C@H]1CN(c2ncc(CNC(=O)NC(C)C)cc2Cl)CCN1C1CCN(Cc2ccc(Cl)cc2F)CC1. The number of rotatable bonds is 8. The van der Waals surface area contributed by atoms with E-state index in [1.807, 2.05) is 19.9 Å². The highest BCUT2D eigenvalue weighted by Crippen LogP contribution is 2.30. The third-order valence-electron chi connectivity index (χ3n) is 7.49. The maximum Gasteiger partial charge on any atom is 0.315 e. The number of hydrogen-bond acceptors (Lipinski definition) is 5. The number of urea groups is 1. The molecule has 2 amide bonds. The highest BCUT2D eigenvalue weighted by atomic mass is 35.5. The van der Waals surface area contributed by atoms with Crippen LogP contribution in [0.5, 0.6) is 0 Å². The Morgan fingerprint density at radius 1 is 1.16 bits per heavy atom. The molecule has 1 atom stereocenters. The summed E-state index contributed by atoms with van der Waals surface area (Å²) in [6.45, 7) is 11.7. The number of anilines is 1. The number of likely N-dealkylation sites (tertiary alicyclic amines) is 1. The van der Waals surface area contributed by atoms with Gasteiger partial charge in [0.1, 0.15) is 11.6 Å². The second-order valence-electron chi connectivity index (χ2n) is 10.6. The van der Waals surface area contributed by atoms with E-state index in [4.69, 9.17) is 23.2 Å². The lowest BCUT2D eigenvalue weighted by Gasteiger charge is -2.47. The van der Waals surface area contributed by atoms with E-state index in [0.717, 1.165) is 63.4 Å². The lowest BCUT2D eigenvalue weighted by molar-refractivity contribution is 0.0607. The summed E-state index contributed by atoms with van der Waals surface area (Å²) in [6, 6.07) is 7.67. The zero-order valence-electron chi connectivity index (χ0n) is 22.5. The van der Waals surface area contributed by atoms with E-state index in [0.29, 0.717) is 40.8 Å². The van der Waals surface area contributed by atoms with Gasteiger partial charge in [-0.15, -0.1) is 0 Å². The molecule has 2 aromatic rings. The first-order chi connectivity index (χ1) is 18.2. The summed E-state index contributed by atoms with van der Waals surface area (Å²) in [5.74, 6) is 0.579. The van der Waals surface area contributed by atoms with Gasteiger partial charge in [0.2, 0.25) is 0 Å². The van der Waals surface area contributed by atoms with Crippen LogP contribution in [-0.4, -0.2) is 71.7 Å². The van der Waals surface area contributed by atoms with Gasteiger partial charge < -0.3 is 15.5 Å². The van der Waals surface area contributed by atoms with Crippen molar-refractivity contribution >= 4 is 35.1 Å². The number of halogens is 3. The summed E-state index contributed by atoms with van der Waals surface area (Å²) in [7, 11) is 0. The first-order valence-corrected chi connectivity index (χ1v) is 14.3. The summed E-state index contributed by atoms with van der Waals surface area (Å²) in [5.41, 5.74) is 1.58. The molecule has 0 bridgehead atoms. The standard InChI is InChI=1S/C28H39Cl2FN6O/c1-4-23-18-36(27-25(30)13-20(15-32-27)16-33-28(38)34-19(2)3)11-12-37(23)24-7-9-35(10-8-24)17-21-5-6-22(29)14-26(21)31/h5-6,13-15,19,23-24H,4,7-12,16-18H2,1-3H3,(H2,33,34,38)/t23-/m0/s1. The zero-order valence-corrected chi connectivity index (χ0v) is 24.0. The maximum atomic E-state index is 14.3. The second kappa shape index (κ2) is 13.3. The molecule has 2 N–H and O–H groups in total. The summed E-state index contributed by atoms with van der Waals surface area (Å²) in [6.07, 6.45) is 5.01. The molecule has 7 nitrogen and oxygen atoms in total. The molecule has 1 aromatic heterocycles. The van der Waals surface area contributed by atoms with Crippen LogP contribution < -0.4 is 15.5 Å². The van der Waals surface area contributed by atoms with Crippen LogP contribution in [0.4, 0.5) is 15.0 Å². The minimum atomic E-state index is -0.227. The molecule has 2 fully saturated rings. The van der Waals surface area contributed by atoms with E-state index in [9.17, 15) is 9.18 Å². The minimum absolute atomic E-state index is 0.0794. The fraction of sp³-hybridized carbons (Fsp3) is 0.571. The number of piperazine rings is 1. The zero-order chi connectivity index (χ0) is 27.2. The van der Waals surface area contributed by atoms with E-state index in [1.165, 1.54) is 6.07 Å². The van der Waals surface area contributed by atoms with Crippen molar-refractivity contribution in [3.05, 3.63) is 57.5 Å². The van der Waals surface area contributed by atoms with Gasteiger partial charge in [0, 0.05) is 67.6 Å². The number of nitrogens with zero attached hydrogens (tertiary/aromatic N) is 4. The Hall–Kier alpha value is -2.13. The fourth-order valence-corrected chi connectivity index (χ4v) is 5.97. The Labute approximate surface area is 235 Å². The van der Waals surface area contributed by atoms with E-state index in [1.54, 1.807) is 18.3 Å². The van der Waals surface area contributed by atoms with Gasteiger partial charge in [-0.3, -0.25) is 9.80 Å². The Bertz CT molecular complexity index is 1100. The summed E-state index contributed by atoms with van der Waals surface area (Å²) < 4.78 is 14.3. The Balaban J connectivity index is 1.30. The average molecular weight is 566 g/mol. The van der Waals surface area contributed by atoms with Gasteiger partial charge >= 0.3 is 6.03 Å². The number of carbonyl (C=O) groups excluding carboxylic acids is 1. The second-order valence-corrected chi connectivity index (χ2v) is 11.5. The van der Waals surface area contributed by atoms with Crippen molar-refractivity contribution in [3.8, 4) is 0 Å². The van der Waals surface area contributed by atoms with Crippen LogP contribution in [-0.2, 0) is 13.1 Å². The van der Waals surface area contributed by atoms with Crippen LogP contribution in [0.1, 0.15) is 51.2 Å². The van der Waals surface area contributed by atoms with E-state index >= 15 is 0 Å². The van der Waals surface area contributed by atoms with Crippen LogP contribution in [0.3, 0.4) is 0 Å². The molecule has 10 heteroatoms. The van der Waals surface area contributed by atoms with Crippen molar-refractivity contribution < 1.29 is 9.18 Å². The van der Waals surface area contributed by atoms with Gasteiger partial charge in [-0.05, 0) is 70.0 Å². The highest BCUT2D eigenvalue weighted by Gasteiger charge is 2.34. The third-order valence-corrected chi connectivity index (χ3v) is 8.00. The lowest BCUT2D eigenvalue weighted by atomic mass is 9.97. The molecular formula is C28H39Cl2FN6O. The number of aromatic nitrogens is 1. The van der Waals surface area contributed by atoms with Crippen molar-refractivity contribution in [3.63, 3.8) is 0 Å². The van der Waals surface area contributed by atoms with Gasteiger partial charge in [-0.25, -0.2) is 14.2 Å². The van der Waals surface area contributed by atoms with Gasteiger partial charge in [-0.1, -0.05) is 36.2 Å². The van der Waals surface area contributed by atoms with Gasteiger partial charge in [-0.2, -0.15) is 0 Å². The average Bonchev–Trinajstić information content (AvgIpc) is 2.89. The molecule has 0 spiro atoms. The molecule has 4 rings (SSSR count). The van der Waals surface area contributed by atoms with Crippen molar-refractivity contribution in [1.29, 1.82) is 0 Å². The molecule has 2 saturated heterocycles. The van der Waals surface area contributed by atoms with Gasteiger partial charge in [0.25, 0.3) is 0 Å². The maximum absolute atomic E-state index is 14.3. The number of carbonyl (C=O) groups is 1. The summed E-state index contributed by atoms with van der Waals surface area (Å²) in [4.78, 5) is 23.8. The third kappa shape index (κ3) is 7.50. The van der Waals surface area contributed by atoms with Crippen LogP contribution in [0.15, 0.2) is 30.5 Å². The number of piperidine rings is 1. The van der Waals surface area contributed by atoms with Crippen LogP contribution in [0.2, 0.25) is 10.0 Å².